The molecular formula is C24H31N5O3. The van der Waals surface area contributed by atoms with Crippen LogP contribution in [0.4, 0.5) is 0 Å². The molecule has 1 spiro atoms. The topological polar surface area (TPSA) is 80.6 Å². The molecule has 8 nitrogen and oxygen atoms in total. The van der Waals surface area contributed by atoms with Crippen molar-refractivity contribution in [2.45, 2.75) is 44.1 Å². The summed E-state index contributed by atoms with van der Waals surface area (Å²) in [7, 11) is 3.77. The Balaban J connectivity index is 1.24. The van der Waals surface area contributed by atoms with Crippen LogP contribution in [-0.2, 0) is 22.2 Å². The second kappa shape index (κ2) is 8.31. The third-order valence-electron chi connectivity index (χ3n) is 7.34. The molecule has 0 aromatic carbocycles. The van der Waals surface area contributed by atoms with Gasteiger partial charge in [0.1, 0.15) is 5.60 Å². The maximum atomic E-state index is 13.0. The monoisotopic (exact) mass is 437 g/mol. The number of ether oxygens (including phenoxy) is 1. The van der Waals surface area contributed by atoms with Crippen molar-refractivity contribution in [1.29, 1.82) is 0 Å². The van der Waals surface area contributed by atoms with Gasteiger partial charge in [-0.25, -0.2) is 9.78 Å². The summed E-state index contributed by atoms with van der Waals surface area (Å²) < 4.78 is 7.62. The maximum Gasteiger partial charge on any atom is 0.358 e. The number of pyridine rings is 1. The molecule has 8 heteroatoms. The molecule has 1 aliphatic carbocycles. The molecule has 1 amide bonds. The van der Waals surface area contributed by atoms with Crippen LogP contribution in [0.25, 0.3) is 11.3 Å². The molecule has 5 rings (SSSR count). The van der Waals surface area contributed by atoms with Gasteiger partial charge in [-0.15, -0.1) is 0 Å². The summed E-state index contributed by atoms with van der Waals surface area (Å²) in [6.45, 7) is 4.03. The SMILES string of the molecule is CN(CCN1CCCC1)C(=O)C1CCC2(CC1)OC(=O)c1nc(-c3cnn(C)c3)ccc12. The van der Waals surface area contributed by atoms with E-state index in [1.165, 1.54) is 12.8 Å². The van der Waals surface area contributed by atoms with E-state index in [-0.39, 0.29) is 17.8 Å². The van der Waals surface area contributed by atoms with Gasteiger partial charge >= 0.3 is 5.97 Å². The molecule has 2 fully saturated rings. The first-order valence-corrected chi connectivity index (χ1v) is 11.7. The van der Waals surface area contributed by atoms with Gasteiger partial charge in [0.25, 0.3) is 0 Å². The minimum atomic E-state index is -0.641. The number of aryl methyl sites for hydroxylation is 1. The predicted molar refractivity (Wildman–Crippen MR) is 119 cm³/mol. The lowest BCUT2D eigenvalue weighted by molar-refractivity contribution is -0.137. The number of esters is 1. The standard InChI is InChI=1S/C24H31N5O3/c1-27(13-14-29-11-3-4-12-29)22(30)17-7-9-24(10-8-17)19-5-6-20(18-15-25-28(2)16-18)26-21(19)23(31)32-24/h5-6,15-17H,3-4,7-14H2,1-2H3. The van der Waals surface area contributed by atoms with Gasteiger partial charge in [-0.05, 0) is 57.7 Å². The number of likely N-dealkylation sites (tertiary alicyclic amines) is 1. The Hall–Kier alpha value is -2.74. The fraction of sp³-hybridized carbons (Fsp3) is 0.583. The van der Waals surface area contributed by atoms with Gasteiger partial charge in [-0.1, -0.05) is 6.07 Å². The number of likely N-dealkylation sites (N-methyl/N-ethyl adjacent to an activating group) is 1. The second-order valence-electron chi connectivity index (χ2n) is 9.46. The number of hydrogen-bond donors (Lipinski definition) is 0. The molecule has 1 saturated carbocycles. The molecule has 2 aliphatic heterocycles. The number of hydrogen-bond acceptors (Lipinski definition) is 6. The van der Waals surface area contributed by atoms with Crippen LogP contribution in [0.2, 0.25) is 0 Å². The van der Waals surface area contributed by atoms with E-state index in [4.69, 9.17) is 4.74 Å². The van der Waals surface area contributed by atoms with Gasteiger partial charge in [0.05, 0.1) is 11.9 Å². The van der Waals surface area contributed by atoms with Crippen molar-refractivity contribution in [3.63, 3.8) is 0 Å². The quantitative estimate of drug-likeness (QED) is 0.669. The largest absolute Gasteiger partial charge is 0.449 e. The highest BCUT2D eigenvalue weighted by Crippen LogP contribution is 2.48. The van der Waals surface area contributed by atoms with Gasteiger partial charge in [-0.2, -0.15) is 5.10 Å². The zero-order valence-corrected chi connectivity index (χ0v) is 18.9. The Morgan fingerprint density at radius 3 is 2.69 bits per heavy atom. The van der Waals surface area contributed by atoms with Crippen LogP contribution in [0.3, 0.4) is 0 Å². The molecule has 170 valence electrons. The van der Waals surface area contributed by atoms with E-state index in [0.717, 1.165) is 50.1 Å². The third-order valence-corrected chi connectivity index (χ3v) is 7.34. The highest BCUT2D eigenvalue weighted by Gasteiger charge is 2.49. The van der Waals surface area contributed by atoms with Crippen molar-refractivity contribution in [1.82, 2.24) is 24.6 Å². The van der Waals surface area contributed by atoms with Crippen molar-refractivity contribution in [3.8, 4) is 11.3 Å². The lowest BCUT2D eigenvalue weighted by Crippen LogP contribution is -2.41. The molecular weight excluding hydrogens is 406 g/mol. The van der Waals surface area contributed by atoms with Gasteiger partial charge in [-0.3, -0.25) is 9.48 Å². The summed E-state index contributed by atoms with van der Waals surface area (Å²) in [6, 6.07) is 3.91. The van der Waals surface area contributed by atoms with Crippen molar-refractivity contribution >= 4 is 11.9 Å². The Bertz CT molecular complexity index is 1020. The fourth-order valence-corrected chi connectivity index (χ4v) is 5.40. The van der Waals surface area contributed by atoms with Gasteiger partial charge < -0.3 is 14.5 Å². The number of fused-ring (bicyclic) bond motifs is 2. The number of rotatable bonds is 5. The van der Waals surface area contributed by atoms with E-state index in [1.54, 1.807) is 10.9 Å². The molecule has 0 N–H and O–H groups in total. The van der Waals surface area contributed by atoms with Crippen molar-refractivity contribution in [3.05, 3.63) is 35.8 Å². The van der Waals surface area contributed by atoms with E-state index in [1.807, 2.05) is 37.3 Å². The second-order valence-corrected chi connectivity index (χ2v) is 9.46. The van der Waals surface area contributed by atoms with Crippen LogP contribution in [0.1, 0.15) is 54.6 Å². The minimum Gasteiger partial charge on any atom is -0.449 e. The molecule has 1 saturated heterocycles. The van der Waals surface area contributed by atoms with E-state index < -0.39 is 5.60 Å². The first-order chi connectivity index (χ1) is 15.4. The number of carbonyl (C=O) groups is 2. The summed E-state index contributed by atoms with van der Waals surface area (Å²) >= 11 is 0. The molecule has 0 unspecified atom stereocenters. The van der Waals surface area contributed by atoms with Crippen LogP contribution >= 0.6 is 0 Å². The minimum absolute atomic E-state index is 0.00502. The number of carbonyl (C=O) groups excluding carboxylic acids is 2. The Labute approximate surface area is 188 Å². The first kappa shape index (κ1) is 21.1. The van der Waals surface area contributed by atoms with Crippen LogP contribution in [0.15, 0.2) is 24.5 Å². The van der Waals surface area contributed by atoms with Gasteiger partial charge in [0, 0.05) is 50.4 Å². The summed E-state index contributed by atoms with van der Waals surface area (Å²) in [5, 5.41) is 4.19. The smallest absolute Gasteiger partial charge is 0.358 e. The molecule has 3 aliphatic rings. The summed E-state index contributed by atoms with van der Waals surface area (Å²) in [5.41, 5.74) is 2.21. The van der Waals surface area contributed by atoms with E-state index in [9.17, 15) is 9.59 Å². The average molecular weight is 438 g/mol. The molecule has 2 aromatic heterocycles. The zero-order chi connectivity index (χ0) is 22.3. The summed E-state index contributed by atoms with van der Waals surface area (Å²) in [4.78, 5) is 34.6. The van der Waals surface area contributed by atoms with Crippen molar-refractivity contribution < 1.29 is 14.3 Å². The summed E-state index contributed by atoms with van der Waals surface area (Å²) in [6.07, 6.45) is 8.92. The van der Waals surface area contributed by atoms with Crippen molar-refractivity contribution in [2.75, 3.05) is 33.2 Å². The zero-order valence-electron chi connectivity index (χ0n) is 18.9. The van der Waals surface area contributed by atoms with Crippen molar-refractivity contribution in [2.24, 2.45) is 13.0 Å². The number of amides is 1. The van der Waals surface area contributed by atoms with Crippen LogP contribution in [-0.4, -0.2) is 69.7 Å². The molecule has 2 aromatic rings. The highest BCUT2D eigenvalue weighted by molar-refractivity contribution is 5.93. The Morgan fingerprint density at radius 2 is 2.00 bits per heavy atom. The van der Waals surface area contributed by atoms with Crippen LogP contribution in [0, 0.1) is 5.92 Å². The Kier molecular flexibility index (Phi) is 5.49. The third kappa shape index (κ3) is 3.81. The molecule has 0 atom stereocenters. The highest BCUT2D eigenvalue weighted by atomic mass is 16.6. The average Bonchev–Trinajstić information content (AvgIpc) is 3.53. The number of aromatic nitrogens is 3. The van der Waals surface area contributed by atoms with E-state index in [2.05, 4.69) is 15.0 Å². The first-order valence-electron chi connectivity index (χ1n) is 11.7. The normalized spacial score (nSPS) is 25.2. The van der Waals surface area contributed by atoms with Crippen LogP contribution in [0.5, 0.6) is 0 Å². The summed E-state index contributed by atoms with van der Waals surface area (Å²) in [5.74, 6) is -0.151. The predicted octanol–water partition coefficient (Wildman–Crippen LogP) is 2.59. The lowest BCUT2D eigenvalue weighted by atomic mass is 9.75. The molecule has 4 heterocycles. The lowest BCUT2D eigenvalue weighted by Gasteiger charge is -2.37. The molecule has 0 radical (unpaired) electrons. The van der Waals surface area contributed by atoms with E-state index in [0.29, 0.717) is 24.2 Å². The fourth-order valence-electron chi connectivity index (χ4n) is 5.40. The molecule has 32 heavy (non-hydrogen) atoms. The molecule has 0 bridgehead atoms. The maximum absolute atomic E-state index is 13.0. The van der Waals surface area contributed by atoms with Crippen LogP contribution < -0.4 is 0 Å². The van der Waals surface area contributed by atoms with E-state index >= 15 is 0 Å². The van der Waals surface area contributed by atoms with Gasteiger partial charge in [0.2, 0.25) is 5.91 Å². The number of nitrogens with zero attached hydrogens (tertiary/aromatic N) is 5. The van der Waals surface area contributed by atoms with Gasteiger partial charge in [0.15, 0.2) is 5.69 Å². The Morgan fingerprint density at radius 1 is 1.25 bits per heavy atom.